The van der Waals surface area contributed by atoms with Gasteiger partial charge in [0.1, 0.15) is 5.75 Å². The van der Waals surface area contributed by atoms with Crippen molar-refractivity contribution in [3.8, 4) is 5.75 Å². The molecule has 7 heteroatoms. The predicted molar refractivity (Wildman–Crippen MR) is 118 cm³/mol. The average molecular weight is 445 g/mol. The van der Waals surface area contributed by atoms with Crippen LogP contribution >= 0.6 is 23.2 Å². The Kier molecular flexibility index (Phi) is 4.19. The molecule has 1 atom stereocenters. The molecule has 3 heterocycles. The van der Waals surface area contributed by atoms with Gasteiger partial charge in [0.25, 0.3) is 0 Å². The van der Waals surface area contributed by atoms with Gasteiger partial charge >= 0.3 is 0 Å². The van der Waals surface area contributed by atoms with E-state index in [-0.39, 0.29) is 30.1 Å². The number of halogens is 2. The Bertz CT molecular complexity index is 1100. The fourth-order valence-electron chi connectivity index (χ4n) is 5.23. The monoisotopic (exact) mass is 444 g/mol. The number of rotatable bonds is 1. The summed E-state index contributed by atoms with van der Waals surface area (Å²) < 4.78 is 6.73. The Morgan fingerprint density at radius 1 is 1.00 bits per heavy atom. The van der Waals surface area contributed by atoms with Gasteiger partial charge < -0.3 is 9.64 Å². The number of amides is 2. The quantitative estimate of drug-likeness (QED) is 0.580. The zero-order chi connectivity index (χ0) is 21.4. The summed E-state index contributed by atoms with van der Waals surface area (Å²) in [5.74, 6) is 0.0207. The van der Waals surface area contributed by atoms with Gasteiger partial charge in [-0.3, -0.25) is 9.59 Å². The zero-order valence-electron chi connectivity index (χ0n) is 17.1. The van der Waals surface area contributed by atoms with E-state index in [9.17, 15) is 9.59 Å². The SMILES string of the molecule is CN1c2ccccc2CC12Oc1c(Cl)cc(Cl)c(N3C(=O)CCC3=O)c1CC2(C)C. The van der Waals surface area contributed by atoms with E-state index in [0.717, 1.165) is 11.3 Å². The molecule has 156 valence electrons. The summed E-state index contributed by atoms with van der Waals surface area (Å²) in [4.78, 5) is 28.4. The van der Waals surface area contributed by atoms with Gasteiger partial charge in [-0.15, -0.1) is 0 Å². The second-order valence-electron chi connectivity index (χ2n) is 8.93. The highest BCUT2D eigenvalue weighted by Gasteiger charge is 2.58. The van der Waals surface area contributed by atoms with Gasteiger partial charge in [0.05, 0.1) is 15.7 Å². The highest BCUT2D eigenvalue weighted by atomic mass is 35.5. The molecule has 1 saturated heterocycles. The maximum absolute atomic E-state index is 12.5. The minimum absolute atomic E-state index is 0.193. The van der Waals surface area contributed by atoms with Crippen molar-refractivity contribution in [2.75, 3.05) is 16.8 Å². The molecule has 0 bridgehead atoms. The Labute approximate surface area is 185 Å². The van der Waals surface area contributed by atoms with Gasteiger partial charge in [-0.05, 0) is 24.1 Å². The summed E-state index contributed by atoms with van der Waals surface area (Å²) in [7, 11) is 2.04. The third-order valence-electron chi connectivity index (χ3n) is 6.80. The van der Waals surface area contributed by atoms with E-state index in [4.69, 9.17) is 27.9 Å². The number of carbonyl (C=O) groups excluding carboxylic acids is 2. The van der Waals surface area contributed by atoms with Gasteiger partial charge in [0.2, 0.25) is 11.8 Å². The van der Waals surface area contributed by atoms with Crippen LogP contribution in [-0.4, -0.2) is 24.6 Å². The molecule has 0 saturated carbocycles. The summed E-state index contributed by atoms with van der Waals surface area (Å²) in [5, 5.41) is 0.679. The minimum Gasteiger partial charge on any atom is -0.465 e. The normalized spacial score (nSPS) is 24.3. The molecule has 2 aromatic rings. The van der Waals surface area contributed by atoms with Gasteiger partial charge in [0, 0.05) is 43.0 Å². The minimum atomic E-state index is -0.641. The van der Waals surface area contributed by atoms with Gasteiger partial charge in [-0.25, -0.2) is 4.90 Å². The first kappa shape index (κ1) is 19.7. The van der Waals surface area contributed by atoms with Gasteiger partial charge in [-0.1, -0.05) is 55.2 Å². The first-order valence-corrected chi connectivity index (χ1v) is 10.8. The third-order valence-corrected chi connectivity index (χ3v) is 7.37. The average Bonchev–Trinajstić information content (AvgIpc) is 3.16. The van der Waals surface area contributed by atoms with Crippen molar-refractivity contribution in [3.05, 3.63) is 51.5 Å². The Hall–Kier alpha value is -2.24. The smallest absolute Gasteiger partial charge is 0.234 e. The number of anilines is 2. The number of imide groups is 1. The van der Waals surface area contributed by atoms with E-state index in [1.165, 1.54) is 10.5 Å². The molecule has 5 rings (SSSR count). The van der Waals surface area contributed by atoms with Crippen LogP contribution in [0.5, 0.6) is 5.75 Å². The van der Waals surface area contributed by atoms with Crippen molar-refractivity contribution in [2.24, 2.45) is 5.41 Å². The molecule has 0 radical (unpaired) electrons. The fraction of sp³-hybridized carbons (Fsp3) is 0.391. The maximum Gasteiger partial charge on any atom is 0.234 e. The molecule has 0 aromatic heterocycles. The van der Waals surface area contributed by atoms with E-state index >= 15 is 0 Å². The second kappa shape index (κ2) is 6.38. The Morgan fingerprint density at radius 2 is 1.67 bits per heavy atom. The van der Waals surface area contributed by atoms with Gasteiger partial charge in [0.15, 0.2) is 5.72 Å². The van der Waals surface area contributed by atoms with Crippen LogP contribution in [0.1, 0.15) is 37.8 Å². The number of likely N-dealkylation sites (N-methyl/N-ethyl adjacent to an activating group) is 1. The zero-order valence-corrected chi connectivity index (χ0v) is 18.6. The molecule has 3 aliphatic rings. The molecular weight excluding hydrogens is 423 g/mol. The van der Waals surface area contributed by atoms with Crippen LogP contribution in [0.15, 0.2) is 30.3 Å². The molecule has 2 aromatic carbocycles. The molecule has 5 nitrogen and oxygen atoms in total. The largest absolute Gasteiger partial charge is 0.465 e. The van der Waals surface area contributed by atoms with E-state index in [1.807, 2.05) is 19.2 Å². The topological polar surface area (TPSA) is 49.9 Å². The number of hydrogen-bond acceptors (Lipinski definition) is 4. The molecule has 0 aliphatic carbocycles. The first-order chi connectivity index (χ1) is 14.2. The van der Waals surface area contributed by atoms with Crippen molar-refractivity contribution >= 4 is 46.4 Å². The molecule has 1 unspecified atom stereocenters. The molecule has 0 N–H and O–H groups in total. The first-order valence-electron chi connectivity index (χ1n) is 10.0. The highest BCUT2D eigenvalue weighted by Crippen LogP contribution is 2.57. The molecule has 3 aliphatic heterocycles. The van der Waals surface area contributed by atoms with Crippen LogP contribution in [0.2, 0.25) is 10.0 Å². The van der Waals surface area contributed by atoms with Crippen LogP contribution in [0, 0.1) is 5.41 Å². The summed E-state index contributed by atoms with van der Waals surface area (Å²) in [5.41, 5.74) is 2.48. The lowest BCUT2D eigenvalue weighted by Crippen LogP contribution is -2.62. The molecule has 1 fully saturated rings. The lowest BCUT2D eigenvalue weighted by Gasteiger charge is -2.52. The summed E-state index contributed by atoms with van der Waals surface area (Å²) >= 11 is 13.1. The van der Waals surface area contributed by atoms with E-state index < -0.39 is 5.72 Å². The molecular formula is C23H22Cl2N2O3. The van der Waals surface area contributed by atoms with E-state index in [0.29, 0.717) is 34.3 Å². The fourth-order valence-corrected chi connectivity index (χ4v) is 5.85. The Morgan fingerprint density at radius 3 is 2.33 bits per heavy atom. The summed E-state index contributed by atoms with van der Waals surface area (Å²) in [6.07, 6.45) is 1.66. The standard InChI is InChI=1S/C23H22Cl2N2O3/c1-22(2)12-14-20(27-18(28)8-9-19(27)29)15(24)10-16(25)21(14)30-23(22)11-13-6-4-5-7-17(13)26(23)3/h4-7,10H,8-9,11-12H2,1-3H3. The van der Waals surface area contributed by atoms with Crippen molar-refractivity contribution in [1.82, 2.24) is 0 Å². The lowest BCUT2D eigenvalue weighted by atomic mass is 9.71. The number of carbonyl (C=O) groups is 2. The van der Waals surface area contributed by atoms with Crippen molar-refractivity contribution in [1.29, 1.82) is 0 Å². The number of nitrogens with zero attached hydrogens (tertiary/aromatic N) is 2. The van der Waals surface area contributed by atoms with Gasteiger partial charge in [-0.2, -0.15) is 0 Å². The molecule has 30 heavy (non-hydrogen) atoms. The second-order valence-corrected chi connectivity index (χ2v) is 9.75. The number of fused-ring (bicyclic) bond motifs is 2. The van der Waals surface area contributed by atoms with Crippen molar-refractivity contribution in [2.45, 2.75) is 45.3 Å². The van der Waals surface area contributed by atoms with Crippen molar-refractivity contribution in [3.63, 3.8) is 0 Å². The molecule has 1 spiro atoms. The van der Waals surface area contributed by atoms with Crippen molar-refractivity contribution < 1.29 is 14.3 Å². The number of para-hydroxylation sites is 1. The van der Waals surface area contributed by atoms with Crippen LogP contribution in [-0.2, 0) is 22.4 Å². The number of ether oxygens (including phenoxy) is 1. The van der Waals surface area contributed by atoms with Crippen LogP contribution < -0.4 is 14.5 Å². The highest BCUT2D eigenvalue weighted by molar-refractivity contribution is 6.39. The third kappa shape index (κ3) is 2.48. The Balaban J connectivity index is 1.69. The summed E-state index contributed by atoms with van der Waals surface area (Å²) in [6.45, 7) is 4.29. The lowest BCUT2D eigenvalue weighted by molar-refractivity contribution is -0.121. The van der Waals surface area contributed by atoms with Crippen LogP contribution in [0.3, 0.4) is 0 Å². The van der Waals surface area contributed by atoms with E-state index in [2.05, 4.69) is 30.9 Å². The summed E-state index contributed by atoms with van der Waals surface area (Å²) in [6, 6.07) is 9.84. The number of hydrogen-bond donors (Lipinski definition) is 0. The van der Waals surface area contributed by atoms with Crippen LogP contribution in [0.4, 0.5) is 11.4 Å². The van der Waals surface area contributed by atoms with Crippen LogP contribution in [0.25, 0.3) is 0 Å². The maximum atomic E-state index is 12.5. The predicted octanol–water partition coefficient (Wildman–Crippen LogP) is 5.00. The molecule has 2 amide bonds. The van der Waals surface area contributed by atoms with E-state index in [1.54, 1.807) is 6.07 Å². The number of benzene rings is 2.